The molecule has 0 aliphatic heterocycles. The average molecular weight is 368 g/mol. The van der Waals surface area contributed by atoms with Gasteiger partial charge in [0.25, 0.3) is 5.56 Å². The molecule has 1 N–H and O–H groups in total. The number of aromatic nitrogens is 2. The summed E-state index contributed by atoms with van der Waals surface area (Å²) in [5.74, 6) is -0.0133. The number of thiophene rings is 1. The lowest BCUT2D eigenvalue weighted by molar-refractivity contribution is -0.139. The molecule has 0 saturated heterocycles. The van der Waals surface area contributed by atoms with Crippen LogP contribution in [0.1, 0.15) is 41.2 Å². The van der Waals surface area contributed by atoms with E-state index in [1.165, 1.54) is 9.44 Å². The third-order valence-corrected chi connectivity index (χ3v) is 6.29. The number of carbonyl (C=O) groups is 1. The van der Waals surface area contributed by atoms with Gasteiger partial charge in [0.05, 0.1) is 5.39 Å². The number of aryl methyl sites for hydroxylation is 2. The number of benzene rings is 1. The van der Waals surface area contributed by atoms with Crippen LogP contribution in [0.3, 0.4) is 0 Å². The van der Waals surface area contributed by atoms with Gasteiger partial charge >= 0.3 is 5.97 Å². The molecule has 6 heteroatoms. The van der Waals surface area contributed by atoms with Gasteiger partial charge in [-0.25, -0.2) is 9.78 Å². The highest BCUT2D eigenvalue weighted by Gasteiger charge is 2.29. The number of rotatable bonds is 3. The number of hydrogen-bond acceptors (Lipinski definition) is 4. The van der Waals surface area contributed by atoms with E-state index < -0.39 is 12.0 Å². The van der Waals surface area contributed by atoms with Crippen molar-refractivity contribution in [3.63, 3.8) is 0 Å². The van der Waals surface area contributed by atoms with Gasteiger partial charge in [0.2, 0.25) is 0 Å². The smallest absolute Gasteiger partial charge is 0.331 e. The third-order valence-electron chi connectivity index (χ3n) is 5.15. The van der Waals surface area contributed by atoms with Crippen molar-refractivity contribution in [1.29, 1.82) is 0 Å². The van der Waals surface area contributed by atoms with E-state index in [0.717, 1.165) is 29.7 Å². The molecule has 1 aromatic carbocycles. The number of carboxylic acid groups (broad SMARTS) is 1. The Hall–Kier alpha value is -2.47. The maximum atomic E-state index is 13.3. The van der Waals surface area contributed by atoms with Crippen molar-refractivity contribution in [1.82, 2.24) is 9.55 Å². The molecule has 134 valence electrons. The van der Waals surface area contributed by atoms with Gasteiger partial charge < -0.3 is 5.11 Å². The van der Waals surface area contributed by atoms with Crippen LogP contribution in [0.25, 0.3) is 10.2 Å². The number of hydrogen-bond donors (Lipinski definition) is 1. The van der Waals surface area contributed by atoms with Gasteiger partial charge in [-0.2, -0.15) is 0 Å². The number of aliphatic carboxylic acids is 1. The average Bonchev–Trinajstić information content (AvgIpc) is 2.95. The monoisotopic (exact) mass is 368 g/mol. The Labute approximate surface area is 154 Å². The van der Waals surface area contributed by atoms with E-state index in [4.69, 9.17) is 0 Å². The summed E-state index contributed by atoms with van der Waals surface area (Å²) in [5.41, 5.74) is 1.41. The zero-order valence-corrected chi connectivity index (χ0v) is 15.5. The molecule has 1 aliphatic carbocycles. The van der Waals surface area contributed by atoms with Gasteiger partial charge in [-0.3, -0.25) is 9.36 Å². The Balaban J connectivity index is 1.98. The van der Waals surface area contributed by atoms with E-state index in [1.807, 2.05) is 6.07 Å². The fourth-order valence-corrected chi connectivity index (χ4v) is 5.26. The minimum atomic E-state index is -1.07. The summed E-state index contributed by atoms with van der Waals surface area (Å²) >= 11 is 1.58. The van der Waals surface area contributed by atoms with Crippen LogP contribution >= 0.6 is 11.3 Å². The Morgan fingerprint density at radius 1 is 1.35 bits per heavy atom. The molecule has 5 nitrogen and oxygen atoms in total. The molecule has 2 atom stereocenters. The van der Waals surface area contributed by atoms with Crippen LogP contribution in [-0.2, 0) is 17.6 Å². The maximum Gasteiger partial charge on any atom is 0.331 e. The van der Waals surface area contributed by atoms with Crippen LogP contribution in [0.5, 0.6) is 0 Å². The van der Waals surface area contributed by atoms with E-state index in [-0.39, 0.29) is 5.56 Å². The summed E-state index contributed by atoms with van der Waals surface area (Å²) in [6.07, 6.45) is 2.88. The summed E-state index contributed by atoms with van der Waals surface area (Å²) in [5, 5.41) is 10.5. The molecule has 4 rings (SSSR count). The quantitative estimate of drug-likeness (QED) is 0.767. The van der Waals surface area contributed by atoms with Gasteiger partial charge in [0.1, 0.15) is 10.7 Å². The minimum Gasteiger partial charge on any atom is -0.479 e. The first-order valence-corrected chi connectivity index (χ1v) is 9.60. The van der Waals surface area contributed by atoms with Crippen LogP contribution < -0.4 is 5.56 Å². The maximum absolute atomic E-state index is 13.3. The largest absolute Gasteiger partial charge is 0.479 e. The van der Waals surface area contributed by atoms with Crippen LogP contribution in [-0.4, -0.2) is 20.6 Å². The minimum absolute atomic E-state index is 0.240. The van der Waals surface area contributed by atoms with Crippen molar-refractivity contribution < 1.29 is 9.90 Å². The van der Waals surface area contributed by atoms with Crippen molar-refractivity contribution in [2.24, 2.45) is 5.92 Å². The number of fused-ring (bicyclic) bond motifs is 3. The summed E-state index contributed by atoms with van der Waals surface area (Å²) in [6, 6.07) is 7.80. The van der Waals surface area contributed by atoms with E-state index >= 15 is 0 Å². The van der Waals surface area contributed by atoms with Crippen LogP contribution in [0, 0.1) is 12.8 Å². The molecule has 0 amide bonds. The second-order valence-electron chi connectivity index (χ2n) is 7.02. The predicted octanol–water partition coefficient (Wildman–Crippen LogP) is 3.57. The van der Waals surface area contributed by atoms with Crippen LogP contribution in [0.2, 0.25) is 0 Å². The fourth-order valence-electron chi connectivity index (χ4n) is 3.85. The number of carboxylic acids is 1. The summed E-state index contributed by atoms with van der Waals surface area (Å²) < 4.78 is 1.34. The summed E-state index contributed by atoms with van der Waals surface area (Å²) in [6.45, 7) is 3.93. The van der Waals surface area contributed by atoms with E-state index in [0.29, 0.717) is 22.7 Å². The van der Waals surface area contributed by atoms with Crippen molar-refractivity contribution in [3.05, 3.63) is 62.5 Å². The van der Waals surface area contributed by atoms with Crippen LogP contribution in [0.15, 0.2) is 35.1 Å². The van der Waals surface area contributed by atoms with E-state index in [1.54, 1.807) is 42.5 Å². The Bertz CT molecular complexity index is 1050. The molecule has 2 unspecified atom stereocenters. The molecule has 0 bridgehead atoms. The molecular weight excluding hydrogens is 348 g/mol. The molecule has 26 heavy (non-hydrogen) atoms. The highest BCUT2D eigenvalue weighted by molar-refractivity contribution is 7.18. The van der Waals surface area contributed by atoms with Gasteiger partial charge in [0.15, 0.2) is 6.04 Å². The van der Waals surface area contributed by atoms with E-state index in [2.05, 4.69) is 11.9 Å². The highest BCUT2D eigenvalue weighted by atomic mass is 32.1. The summed E-state index contributed by atoms with van der Waals surface area (Å²) in [4.78, 5) is 32.0. The van der Waals surface area contributed by atoms with Gasteiger partial charge in [-0.05, 0) is 43.2 Å². The first kappa shape index (κ1) is 17.0. The first-order chi connectivity index (χ1) is 12.5. The lowest BCUT2D eigenvalue weighted by Gasteiger charge is -2.19. The molecule has 2 heterocycles. The molecule has 2 aromatic heterocycles. The van der Waals surface area contributed by atoms with Crippen molar-refractivity contribution in [3.8, 4) is 0 Å². The first-order valence-electron chi connectivity index (χ1n) is 8.78. The fraction of sp³-hybridized carbons (Fsp3) is 0.350. The lowest BCUT2D eigenvalue weighted by atomic mass is 9.89. The standard InChI is InChI=1S/C20H20N2O3S/c1-11-8-9-14-15(10-11)26-18-16(14)19(23)22(12(2)21-18)17(20(24)25)13-6-4-3-5-7-13/h3-7,11,17H,8-10H2,1-2H3,(H,24,25). The number of nitrogens with zero attached hydrogens (tertiary/aromatic N) is 2. The molecule has 3 aromatic rings. The molecule has 0 spiro atoms. The van der Waals surface area contributed by atoms with Crippen molar-refractivity contribution >= 4 is 27.5 Å². The summed E-state index contributed by atoms with van der Waals surface area (Å²) in [7, 11) is 0. The zero-order chi connectivity index (χ0) is 18.4. The van der Waals surface area contributed by atoms with Gasteiger partial charge in [-0.15, -0.1) is 11.3 Å². The Kier molecular flexibility index (Phi) is 4.15. The molecule has 1 aliphatic rings. The van der Waals surface area contributed by atoms with Crippen molar-refractivity contribution in [2.45, 2.75) is 39.2 Å². The van der Waals surface area contributed by atoms with Crippen LogP contribution in [0.4, 0.5) is 0 Å². The van der Waals surface area contributed by atoms with Gasteiger partial charge in [-0.1, -0.05) is 37.3 Å². The molecule has 0 saturated carbocycles. The SMILES string of the molecule is Cc1nc2sc3c(c2c(=O)n1C(C(=O)O)c1ccccc1)CCC(C)C3. The highest BCUT2D eigenvalue weighted by Crippen LogP contribution is 2.36. The third kappa shape index (κ3) is 2.65. The topological polar surface area (TPSA) is 72.2 Å². The normalized spacial score (nSPS) is 17.8. The second kappa shape index (κ2) is 6.36. The zero-order valence-electron chi connectivity index (χ0n) is 14.7. The van der Waals surface area contributed by atoms with Gasteiger partial charge in [0, 0.05) is 4.88 Å². The molecule has 0 radical (unpaired) electrons. The molecular formula is C20H20N2O3S. The Morgan fingerprint density at radius 2 is 2.08 bits per heavy atom. The lowest BCUT2D eigenvalue weighted by Crippen LogP contribution is -2.33. The Morgan fingerprint density at radius 3 is 2.77 bits per heavy atom. The van der Waals surface area contributed by atoms with Crippen molar-refractivity contribution in [2.75, 3.05) is 0 Å². The second-order valence-corrected chi connectivity index (χ2v) is 8.10. The van der Waals surface area contributed by atoms with E-state index in [9.17, 15) is 14.7 Å². The predicted molar refractivity (Wildman–Crippen MR) is 102 cm³/mol. The molecule has 0 fully saturated rings.